The Bertz CT molecular complexity index is 1550. The van der Waals surface area contributed by atoms with Gasteiger partial charge in [-0.05, 0) is 30.7 Å². The number of nitrogens with zero attached hydrogens (tertiary/aromatic N) is 4. The van der Waals surface area contributed by atoms with Gasteiger partial charge in [0.05, 0.1) is 26.6 Å². The standard InChI is InChI=1S/C26H25Cl2N5O3/c1-17-25-22(29-33(26(25)36)19-7-8-20(27)21(28)13-19)14-23(34)32(17)16-24(35)31-11-9-30(10-12-31)15-18-5-3-2-4-6-18/h2-8,13-14,29H,9-12,15-16H2,1H3. The molecular formula is C26H25Cl2N5O3. The number of benzene rings is 2. The zero-order chi connectivity index (χ0) is 25.4. The van der Waals surface area contributed by atoms with E-state index in [9.17, 15) is 14.4 Å². The van der Waals surface area contributed by atoms with E-state index in [1.165, 1.54) is 20.9 Å². The van der Waals surface area contributed by atoms with Gasteiger partial charge in [0.1, 0.15) is 6.54 Å². The Balaban J connectivity index is 1.34. The summed E-state index contributed by atoms with van der Waals surface area (Å²) in [4.78, 5) is 43.3. The van der Waals surface area contributed by atoms with Gasteiger partial charge in [0, 0.05) is 44.5 Å². The molecule has 1 aliphatic rings. The van der Waals surface area contributed by atoms with Crippen LogP contribution in [0.4, 0.5) is 0 Å². The molecule has 1 amide bonds. The number of amides is 1. The van der Waals surface area contributed by atoms with Crippen molar-refractivity contribution >= 4 is 40.0 Å². The fourth-order valence-corrected chi connectivity index (χ4v) is 4.94. The van der Waals surface area contributed by atoms with Crippen molar-refractivity contribution in [2.45, 2.75) is 20.0 Å². The summed E-state index contributed by atoms with van der Waals surface area (Å²) in [7, 11) is 0. The largest absolute Gasteiger partial charge is 0.339 e. The molecule has 2 aromatic carbocycles. The van der Waals surface area contributed by atoms with Crippen LogP contribution in [0.5, 0.6) is 0 Å². The van der Waals surface area contributed by atoms with Crippen molar-refractivity contribution in [3.05, 3.63) is 96.6 Å². The summed E-state index contributed by atoms with van der Waals surface area (Å²) in [6.07, 6.45) is 0. The van der Waals surface area contributed by atoms with Gasteiger partial charge < -0.3 is 9.47 Å². The van der Waals surface area contributed by atoms with E-state index in [2.05, 4.69) is 22.1 Å². The first-order valence-corrected chi connectivity index (χ1v) is 12.4. The van der Waals surface area contributed by atoms with Gasteiger partial charge >= 0.3 is 0 Å². The number of nitrogens with one attached hydrogen (secondary N) is 1. The Morgan fingerprint density at radius 1 is 0.944 bits per heavy atom. The Morgan fingerprint density at radius 2 is 1.67 bits per heavy atom. The van der Waals surface area contributed by atoms with Gasteiger partial charge in [-0.1, -0.05) is 53.5 Å². The molecule has 0 aliphatic carbocycles. The van der Waals surface area contributed by atoms with Crippen molar-refractivity contribution in [3.63, 3.8) is 0 Å². The maximum absolute atomic E-state index is 13.2. The molecule has 5 rings (SSSR count). The number of hydrogen-bond acceptors (Lipinski definition) is 4. The Kier molecular flexibility index (Phi) is 6.75. The van der Waals surface area contributed by atoms with Crippen LogP contribution in [0.25, 0.3) is 16.6 Å². The molecule has 1 fully saturated rings. The maximum Gasteiger partial charge on any atom is 0.280 e. The molecule has 1 aliphatic heterocycles. The lowest BCUT2D eigenvalue weighted by Gasteiger charge is -2.35. The van der Waals surface area contributed by atoms with E-state index in [-0.39, 0.29) is 23.6 Å². The van der Waals surface area contributed by atoms with Crippen LogP contribution >= 0.6 is 23.2 Å². The molecule has 36 heavy (non-hydrogen) atoms. The second-order valence-electron chi connectivity index (χ2n) is 8.94. The molecule has 0 atom stereocenters. The number of aromatic nitrogens is 3. The van der Waals surface area contributed by atoms with Gasteiger partial charge in [-0.2, -0.15) is 0 Å². The lowest BCUT2D eigenvalue weighted by molar-refractivity contribution is -0.133. The number of aryl methyl sites for hydroxylation is 1. The molecule has 0 radical (unpaired) electrons. The normalized spacial score (nSPS) is 14.5. The zero-order valence-electron chi connectivity index (χ0n) is 19.7. The molecule has 186 valence electrons. The highest BCUT2D eigenvalue weighted by Crippen LogP contribution is 2.24. The van der Waals surface area contributed by atoms with Crippen LogP contribution in [-0.4, -0.2) is 56.2 Å². The molecule has 3 heterocycles. The molecule has 0 bridgehead atoms. The first-order valence-electron chi connectivity index (χ1n) is 11.7. The molecule has 8 nitrogen and oxygen atoms in total. The Hall–Kier alpha value is -3.33. The van der Waals surface area contributed by atoms with E-state index in [1.807, 2.05) is 18.2 Å². The number of pyridine rings is 1. The quantitative estimate of drug-likeness (QED) is 0.432. The first-order chi connectivity index (χ1) is 17.3. The lowest BCUT2D eigenvalue weighted by Crippen LogP contribution is -2.49. The third-order valence-corrected chi connectivity index (χ3v) is 7.39. The van der Waals surface area contributed by atoms with Crippen molar-refractivity contribution in [1.29, 1.82) is 0 Å². The van der Waals surface area contributed by atoms with E-state index < -0.39 is 0 Å². The van der Waals surface area contributed by atoms with Crippen LogP contribution in [0.1, 0.15) is 11.3 Å². The molecule has 1 N–H and O–H groups in total. The Labute approximate surface area is 217 Å². The monoisotopic (exact) mass is 525 g/mol. The SMILES string of the molecule is Cc1c2c(=O)n(-c3ccc(Cl)c(Cl)c3)[nH]c2cc(=O)n1CC(=O)N1CCN(Cc2ccccc2)CC1. The number of carbonyl (C=O) groups excluding carboxylic acids is 1. The molecule has 0 spiro atoms. The lowest BCUT2D eigenvalue weighted by atomic mass is 10.2. The highest BCUT2D eigenvalue weighted by Gasteiger charge is 2.23. The fourth-order valence-electron chi connectivity index (χ4n) is 4.64. The van der Waals surface area contributed by atoms with Crippen molar-refractivity contribution in [1.82, 2.24) is 24.1 Å². The molecule has 0 saturated carbocycles. The summed E-state index contributed by atoms with van der Waals surface area (Å²) in [5, 5.41) is 4.00. The van der Waals surface area contributed by atoms with Gasteiger partial charge in [0.15, 0.2) is 0 Å². The van der Waals surface area contributed by atoms with E-state index in [4.69, 9.17) is 23.2 Å². The van der Waals surface area contributed by atoms with Crippen molar-refractivity contribution < 1.29 is 4.79 Å². The minimum Gasteiger partial charge on any atom is -0.339 e. The second kappa shape index (κ2) is 9.97. The van der Waals surface area contributed by atoms with Crippen LogP contribution in [0.2, 0.25) is 10.0 Å². The van der Waals surface area contributed by atoms with E-state index in [0.717, 1.165) is 19.6 Å². The van der Waals surface area contributed by atoms with E-state index in [1.54, 1.807) is 30.0 Å². The number of halogens is 2. The van der Waals surface area contributed by atoms with Gasteiger partial charge in [-0.15, -0.1) is 0 Å². The summed E-state index contributed by atoms with van der Waals surface area (Å²) in [6, 6.07) is 16.4. The Morgan fingerprint density at radius 3 is 2.36 bits per heavy atom. The molecule has 10 heteroatoms. The third-order valence-electron chi connectivity index (χ3n) is 6.65. The second-order valence-corrected chi connectivity index (χ2v) is 9.75. The van der Waals surface area contributed by atoms with Crippen molar-refractivity contribution in [2.75, 3.05) is 26.2 Å². The summed E-state index contributed by atoms with van der Waals surface area (Å²) >= 11 is 12.1. The van der Waals surface area contributed by atoms with Crippen LogP contribution in [0, 0.1) is 6.92 Å². The molecular weight excluding hydrogens is 501 g/mol. The average Bonchev–Trinajstić information content (AvgIpc) is 3.20. The zero-order valence-corrected chi connectivity index (χ0v) is 21.2. The molecule has 0 unspecified atom stereocenters. The number of carbonyl (C=O) groups is 1. The smallest absolute Gasteiger partial charge is 0.280 e. The van der Waals surface area contributed by atoms with Crippen LogP contribution in [0.15, 0.2) is 64.2 Å². The number of aromatic amines is 1. The number of hydrogen-bond donors (Lipinski definition) is 1. The van der Waals surface area contributed by atoms with Gasteiger partial charge in [0.25, 0.3) is 11.1 Å². The minimum absolute atomic E-state index is 0.114. The van der Waals surface area contributed by atoms with Crippen molar-refractivity contribution in [3.8, 4) is 5.69 Å². The summed E-state index contributed by atoms with van der Waals surface area (Å²) in [5.74, 6) is -0.140. The maximum atomic E-state index is 13.2. The molecule has 4 aromatic rings. The molecule has 1 saturated heterocycles. The summed E-state index contributed by atoms with van der Waals surface area (Å²) in [5.41, 5.74) is 1.88. The first kappa shape index (κ1) is 24.4. The highest BCUT2D eigenvalue weighted by atomic mass is 35.5. The molecule has 2 aromatic heterocycles. The summed E-state index contributed by atoms with van der Waals surface area (Å²) < 4.78 is 2.69. The van der Waals surface area contributed by atoms with Crippen LogP contribution in [0.3, 0.4) is 0 Å². The predicted molar refractivity (Wildman–Crippen MR) is 141 cm³/mol. The average molecular weight is 526 g/mol. The number of H-pyrrole nitrogens is 1. The predicted octanol–water partition coefficient (Wildman–Crippen LogP) is 3.44. The van der Waals surface area contributed by atoms with Crippen LogP contribution in [-0.2, 0) is 17.9 Å². The van der Waals surface area contributed by atoms with E-state index in [0.29, 0.717) is 45.4 Å². The summed E-state index contributed by atoms with van der Waals surface area (Å²) in [6.45, 7) is 5.13. The minimum atomic E-state index is -0.349. The highest BCUT2D eigenvalue weighted by molar-refractivity contribution is 6.42. The van der Waals surface area contributed by atoms with E-state index >= 15 is 0 Å². The van der Waals surface area contributed by atoms with Crippen LogP contribution < -0.4 is 11.1 Å². The van der Waals surface area contributed by atoms with Gasteiger partial charge in [0.2, 0.25) is 5.91 Å². The fraction of sp³-hybridized carbons (Fsp3) is 0.269. The number of piperazine rings is 1. The van der Waals surface area contributed by atoms with Gasteiger partial charge in [-0.3, -0.25) is 24.4 Å². The topological polar surface area (TPSA) is 83.3 Å². The third kappa shape index (κ3) is 4.72. The number of fused-ring (bicyclic) bond motifs is 1. The number of rotatable bonds is 5. The van der Waals surface area contributed by atoms with Gasteiger partial charge in [-0.25, -0.2) is 4.68 Å². The van der Waals surface area contributed by atoms with Crippen molar-refractivity contribution in [2.24, 2.45) is 0 Å².